The minimum atomic E-state index is -0.176. The molecule has 1 unspecified atom stereocenters. The van der Waals surface area contributed by atoms with E-state index < -0.39 is 0 Å². The number of ether oxygens (including phenoxy) is 1. The summed E-state index contributed by atoms with van der Waals surface area (Å²) in [5.74, 6) is 0.533. The highest BCUT2D eigenvalue weighted by molar-refractivity contribution is 7.13. The maximum absolute atomic E-state index is 12.0. The van der Waals surface area contributed by atoms with Crippen LogP contribution >= 0.6 is 11.3 Å². The van der Waals surface area contributed by atoms with Crippen molar-refractivity contribution in [2.75, 3.05) is 5.32 Å². The lowest BCUT2D eigenvalue weighted by Crippen LogP contribution is -2.13. The third-order valence-corrected chi connectivity index (χ3v) is 3.35. The molecule has 5 heteroatoms. The Balaban J connectivity index is 2.07. The van der Waals surface area contributed by atoms with Crippen LogP contribution in [0.2, 0.25) is 0 Å². The van der Waals surface area contributed by atoms with Crippen LogP contribution in [0.25, 0.3) is 0 Å². The number of aromatic nitrogens is 1. The minimum absolute atomic E-state index is 0.136. The molecule has 0 saturated heterocycles. The molecule has 0 aliphatic rings. The van der Waals surface area contributed by atoms with Crippen molar-refractivity contribution in [3.8, 4) is 5.75 Å². The molecular weight excluding hydrogens is 260 g/mol. The molecule has 100 valence electrons. The van der Waals surface area contributed by atoms with Crippen LogP contribution in [0.15, 0.2) is 35.8 Å². The molecule has 0 aliphatic carbocycles. The Morgan fingerprint density at radius 2 is 2.37 bits per heavy atom. The summed E-state index contributed by atoms with van der Waals surface area (Å²) in [5, 5.41) is 5.16. The molecule has 4 nitrogen and oxygen atoms in total. The van der Waals surface area contributed by atoms with E-state index in [-0.39, 0.29) is 12.0 Å². The van der Waals surface area contributed by atoms with E-state index in [0.29, 0.717) is 16.4 Å². The molecule has 0 spiro atoms. The highest BCUT2D eigenvalue weighted by Crippen LogP contribution is 2.18. The Kier molecular flexibility index (Phi) is 4.52. The number of carbonyl (C=O) groups excluding carboxylic acids is 1. The van der Waals surface area contributed by atoms with Gasteiger partial charge in [-0.1, -0.05) is 13.0 Å². The van der Waals surface area contributed by atoms with Crippen LogP contribution in [0.4, 0.5) is 5.13 Å². The summed E-state index contributed by atoms with van der Waals surface area (Å²) in [4.78, 5) is 16.0. The Hall–Kier alpha value is -1.88. The second kappa shape index (κ2) is 6.33. The van der Waals surface area contributed by atoms with E-state index in [9.17, 15) is 4.79 Å². The molecular formula is C14H16N2O2S. The number of thiazole rings is 1. The molecule has 1 N–H and O–H groups in total. The Morgan fingerprint density at radius 3 is 3.05 bits per heavy atom. The number of rotatable bonds is 5. The number of hydrogen-bond donors (Lipinski definition) is 1. The fraction of sp³-hybridized carbons (Fsp3) is 0.286. The minimum Gasteiger partial charge on any atom is -0.491 e. The van der Waals surface area contributed by atoms with Crippen molar-refractivity contribution in [3.05, 3.63) is 41.4 Å². The first kappa shape index (κ1) is 13.5. The van der Waals surface area contributed by atoms with Crippen LogP contribution in [0.1, 0.15) is 30.6 Å². The monoisotopic (exact) mass is 276 g/mol. The van der Waals surface area contributed by atoms with Gasteiger partial charge in [-0.3, -0.25) is 10.1 Å². The summed E-state index contributed by atoms with van der Waals surface area (Å²) in [6, 6.07) is 7.17. The van der Waals surface area contributed by atoms with Crippen molar-refractivity contribution in [3.63, 3.8) is 0 Å². The highest BCUT2D eigenvalue weighted by Gasteiger charge is 2.09. The standard InChI is InChI=1S/C14H16N2O2S/c1-3-10(2)18-12-6-4-5-11(9-12)13(17)16-14-15-7-8-19-14/h4-10H,3H2,1-2H3,(H,15,16,17). The first-order valence-electron chi connectivity index (χ1n) is 6.16. The SMILES string of the molecule is CCC(C)Oc1cccc(C(=O)Nc2nccs2)c1. The van der Waals surface area contributed by atoms with Gasteiger partial charge in [0.1, 0.15) is 5.75 Å². The second-order valence-corrected chi connectivity index (χ2v) is 5.05. The zero-order valence-corrected chi connectivity index (χ0v) is 11.7. The summed E-state index contributed by atoms with van der Waals surface area (Å²) in [6.07, 6.45) is 2.72. The number of benzene rings is 1. The van der Waals surface area contributed by atoms with Crippen LogP contribution in [0, 0.1) is 0 Å². The van der Waals surface area contributed by atoms with Gasteiger partial charge in [-0.15, -0.1) is 11.3 Å². The molecule has 2 aromatic rings. The summed E-state index contributed by atoms with van der Waals surface area (Å²) < 4.78 is 5.70. The van der Waals surface area contributed by atoms with E-state index in [2.05, 4.69) is 17.2 Å². The van der Waals surface area contributed by atoms with E-state index >= 15 is 0 Å². The number of anilines is 1. The van der Waals surface area contributed by atoms with Crippen LogP contribution < -0.4 is 10.1 Å². The zero-order chi connectivity index (χ0) is 13.7. The number of amides is 1. The fourth-order valence-electron chi connectivity index (χ4n) is 1.48. The van der Waals surface area contributed by atoms with Gasteiger partial charge in [0.05, 0.1) is 6.10 Å². The molecule has 1 amide bonds. The lowest BCUT2D eigenvalue weighted by atomic mass is 10.2. The zero-order valence-electron chi connectivity index (χ0n) is 10.9. The molecule has 0 bridgehead atoms. The Bertz CT molecular complexity index is 540. The molecule has 0 saturated carbocycles. The van der Waals surface area contributed by atoms with E-state index in [1.807, 2.05) is 24.4 Å². The van der Waals surface area contributed by atoms with Gasteiger partial charge in [-0.2, -0.15) is 0 Å². The number of nitrogens with zero attached hydrogens (tertiary/aromatic N) is 1. The Labute approximate surface area is 116 Å². The van der Waals surface area contributed by atoms with Gasteiger partial charge in [0.2, 0.25) is 0 Å². The normalized spacial score (nSPS) is 11.9. The second-order valence-electron chi connectivity index (χ2n) is 4.16. The average Bonchev–Trinajstić information content (AvgIpc) is 2.91. The van der Waals surface area contributed by atoms with Gasteiger partial charge < -0.3 is 4.74 Å². The van der Waals surface area contributed by atoms with Gasteiger partial charge in [-0.25, -0.2) is 4.98 Å². The summed E-state index contributed by atoms with van der Waals surface area (Å²) in [7, 11) is 0. The lowest BCUT2D eigenvalue weighted by molar-refractivity contribution is 0.102. The van der Waals surface area contributed by atoms with Crippen LogP contribution in [-0.2, 0) is 0 Å². The summed E-state index contributed by atoms with van der Waals surface area (Å²) >= 11 is 1.39. The molecule has 1 heterocycles. The van der Waals surface area contributed by atoms with Crippen molar-refractivity contribution in [2.45, 2.75) is 26.4 Å². The van der Waals surface area contributed by atoms with Gasteiger partial charge in [-0.05, 0) is 31.5 Å². The molecule has 1 atom stereocenters. The number of nitrogens with one attached hydrogen (secondary N) is 1. The molecule has 0 radical (unpaired) electrons. The predicted molar refractivity (Wildman–Crippen MR) is 76.9 cm³/mol. The van der Waals surface area contributed by atoms with Crippen LogP contribution in [0.5, 0.6) is 5.75 Å². The molecule has 2 rings (SSSR count). The van der Waals surface area contributed by atoms with Crippen molar-refractivity contribution in [2.24, 2.45) is 0 Å². The third-order valence-electron chi connectivity index (χ3n) is 2.66. The van der Waals surface area contributed by atoms with Crippen molar-refractivity contribution in [1.82, 2.24) is 4.98 Å². The Morgan fingerprint density at radius 1 is 1.53 bits per heavy atom. The molecule has 1 aromatic carbocycles. The van der Waals surface area contributed by atoms with E-state index in [1.165, 1.54) is 11.3 Å². The maximum atomic E-state index is 12.0. The van der Waals surface area contributed by atoms with Crippen LogP contribution in [-0.4, -0.2) is 17.0 Å². The first-order valence-corrected chi connectivity index (χ1v) is 7.04. The van der Waals surface area contributed by atoms with Gasteiger partial charge in [0.15, 0.2) is 5.13 Å². The molecule has 19 heavy (non-hydrogen) atoms. The first-order chi connectivity index (χ1) is 9.19. The lowest BCUT2D eigenvalue weighted by Gasteiger charge is -2.13. The summed E-state index contributed by atoms with van der Waals surface area (Å²) in [6.45, 7) is 4.06. The van der Waals surface area contributed by atoms with Crippen molar-refractivity contribution >= 4 is 22.4 Å². The smallest absolute Gasteiger partial charge is 0.257 e. The van der Waals surface area contributed by atoms with E-state index in [0.717, 1.165) is 6.42 Å². The fourth-order valence-corrected chi connectivity index (χ4v) is 2.00. The van der Waals surface area contributed by atoms with Gasteiger partial charge in [0, 0.05) is 17.1 Å². The highest BCUT2D eigenvalue weighted by atomic mass is 32.1. The third kappa shape index (κ3) is 3.79. The van der Waals surface area contributed by atoms with Gasteiger partial charge in [0.25, 0.3) is 5.91 Å². The van der Waals surface area contributed by atoms with Gasteiger partial charge >= 0.3 is 0 Å². The maximum Gasteiger partial charge on any atom is 0.257 e. The van der Waals surface area contributed by atoms with E-state index in [1.54, 1.807) is 18.3 Å². The molecule has 1 aromatic heterocycles. The predicted octanol–water partition coefficient (Wildman–Crippen LogP) is 3.57. The molecule has 0 aliphatic heterocycles. The number of carbonyl (C=O) groups is 1. The van der Waals surface area contributed by atoms with Crippen molar-refractivity contribution in [1.29, 1.82) is 0 Å². The van der Waals surface area contributed by atoms with E-state index in [4.69, 9.17) is 4.74 Å². The van der Waals surface area contributed by atoms with Crippen LogP contribution in [0.3, 0.4) is 0 Å². The summed E-state index contributed by atoms with van der Waals surface area (Å²) in [5.41, 5.74) is 0.566. The largest absolute Gasteiger partial charge is 0.491 e. The average molecular weight is 276 g/mol. The quantitative estimate of drug-likeness (QED) is 0.908. The van der Waals surface area contributed by atoms with Crippen molar-refractivity contribution < 1.29 is 9.53 Å². The topological polar surface area (TPSA) is 51.2 Å². The molecule has 0 fully saturated rings. The number of hydrogen-bond acceptors (Lipinski definition) is 4.